The van der Waals surface area contributed by atoms with Crippen molar-refractivity contribution in [2.45, 2.75) is 19.8 Å². The van der Waals surface area contributed by atoms with Gasteiger partial charge < -0.3 is 10.6 Å². The number of anilines is 1. The van der Waals surface area contributed by atoms with Crippen LogP contribution in [-0.4, -0.2) is 25.5 Å². The molecule has 1 aromatic rings. The maximum absolute atomic E-state index is 13.1. The van der Waals surface area contributed by atoms with E-state index >= 15 is 0 Å². The lowest BCUT2D eigenvalue weighted by Gasteiger charge is -2.11. The third-order valence-corrected chi connectivity index (χ3v) is 2.47. The minimum absolute atomic E-state index is 0.219. The summed E-state index contributed by atoms with van der Waals surface area (Å²) in [5, 5.41) is 0. The molecular weight excluding hydrogens is 191 g/mol. The first-order valence-electron chi connectivity index (χ1n) is 5.20. The molecule has 84 valence electrons. The van der Waals surface area contributed by atoms with Crippen LogP contribution in [0.1, 0.15) is 17.5 Å². The van der Waals surface area contributed by atoms with Crippen molar-refractivity contribution in [1.82, 2.24) is 4.90 Å². The Hall–Kier alpha value is -1.09. The van der Waals surface area contributed by atoms with Gasteiger partial charge in [-0.25, -0.2) is 4.39 Å². The van der Waals surface area contributed by atoms with Crippen LogP contribution in [0.15, 0.2) is 12.1 Å². The number of aryl methyl sites for hydroxylation is 2. The van der Waals surface area contributed by atoms with E-state index in [-0.39, 0.29) is 5.82 Å². The fourth-order valence-corrected chi connectivity index (χ4v) is 1.56. The third kappa shape index (κ3) is 3.51. The highest BCUT2D eigenvalue weighted by atomic mass is 19.1. The van der Waals surface area contributed by atoms with Gasteiger partial charge in [0.05, 0.1) is 0 Å². The van der Waals surface area contributed by atoms with E-state index in [1.54, 1.807) is 6.92 Å². The summed E-state index contributed by atoms with van der Waals surface area (Å²) in [6.45, 7) is 2.79. The minimum Gasteiger partial charge on any atom is -0.398 e. The molecule has 1 aromatic carbocycles. The van der Waals surface area contributed by atoms with Crippen LogP contribution >= 0.6 is 0 Å². The summed E-state index contributed by atoms with van der Waals surface area (Å²) in [6.07, 6.45) is 1.95. The van der Waals surface area contributed by atoms with Crippen LogP contribution < -0.4 is 5.73 Å². The van der Waals surface area contributed by atoms with E-state index in [4.69, 9.17) is 5.73 Å². The van der Waals surface area contributed by atoms with Crippen molar-refractivity contribution in [3.8, 4) is 0 Å². The molecule has 0 radical (unpaired) electrons. The van der Waals surface area contributed by atoms with E-state index in [2.05, 4.69) is 4.90 Å². The maximum Gasteiger partial charge on any atom is 0.128 e. The van der Waals surface area contributed by atoms with Crippen molar-refractivity contribution in [1.29, 1.82) is 0 Å². The summed E-state index contributed by atoms with van der Waals surface area (Å²) < 4.78 is 13.1. The Bertz CT molecular complexity index is 335. The number of nitrogens with two attached hydrogens (primary N) is 1. The molecule has 0 bridgehead atoms. The lowest BCUT2D eigenvalue weighted by molar-refractivity contribution is 0.400. The third-order valence-electron chi connectivity index (χ3n) is 2.47. The molecule has 0 aliphatic rings. The molecule has 0 atom stereocenters. The second-order valence-electron chi connectivity index (χ2n) is 4.21. The Morgan fingerprint density at radius 1 is 1.33 bits per heavy atom. The number of benzene rings is 1. The Morgan fingerprint density at radius 3 is 2.60 bits per heavy atom. The Balaban J connectivity index is 2.65. The van der Waals surface area contributed by atoms with Crippen LogP contribution in [0.25, 0.3) is 0 Å². The number of hydrogen-bond donors (Lipinski definition) is 1. The van der Waals surface area contributed by atoms with Crippen molar-refractivity contribution in [3.05, 3.63) is 29.1 Å². The van der Waals surface area contributed by atoms with E-state index in [1.807, 2.05) is 20.2 Å². The molecule has 0 unspecified atom stereocenters. The zero-order valence-electron chi connectivity index (χ0n) is 9.68. The first kappa shape index (κ1) is 12.0. The molecule has 0 saturated carbocycles. The zero-order chi connectivity index (χ0) is 11.4. The molecule has 0 spiro atoms. The van der Waals surface area contributed by atoms with Crippen LogP contribution in [0.2, 0.25) is 0 Å². The molecule has 1 rings (SSSR count). The molecule has 2 nitrogen and oxygen atoms in total. The quantitative estimate of drug-likeness (QED) is 0.772. The van der Waals surface area contributed by atoms with Gasteiger partial charge in [0.1, 0.15) is 5.82 Å². The highest BCUT2D eigenvalue weighted by Crippen LogP contribution is 2.18. The first-order chi connectivity index (χ1) is 7.00. The maximum atomic E-state index is 13.1. The molecule has 0 aliphatic carbocycles. The predicted molar refractivity (Wildman–Crippen MR) is 62.4 cm³/mol. The molecule has 0 fully saturated rings. The van der Waals surface area contributed by atoms with Crippen LogP contribution in [0.3, 0.4) is 0 Å². The van der Waals surface area contributed by atoms with Gasteiger partial charge >= 0.3 is 0 Å². The van der Waals surface area contributed by atoms with Gasteiger partial charge in [-0.05, 0) is 57.6 Å². The Kier molecular flexibility index (Phi) is 4.09. The van der Waals surface area contributed by atoms with Crippen molar-refractivity contribution < 1.29 is 4.39 Å². The molecule has 3 heteroatoms. The van der Waals surface area contributed by atoms with Crippen LogP contribution in [0, 0.1) is 12.7 Å². The topological polar surface area (TPSA) is 29.3 Å². The molecule has 15 heavy (non-hydrogen) atoms. The van der Waals surface area contributed by atoms with Gasteiger partial charge in [-0.2, -0.15) is 0 Å². The zero-order valence-corrected chi connectivity index (χ0v) is 9.68. The molecule has 0 saturated heterocycles. The van der Waals surface area contributed by atoms with Gasteiger partial charge in [0.25, 0.3) is 0 Å². The highest BCUT2D eigenvalue weighted by Gasteiger charge is 2.04. The molecule has 0 aromatic heterocycles. The van der Waals surface area contributed by atoms with E-state index in [9.17, 15) is 4.39 Å². The minimum atomic E-state index is -0.219. The largest absolute Gasteiger partial charge is 0.398 e. The van der Waals surface area contributed by atoms with E-state index in [0.29, 0.717) is 11.3 Å². The number of hydrogen-bond acceptors (Lipinski definition) is 2. The van der Waals surface area contributed by atoms with Gasteiger partial charge in [-0.3, -0.25) is 0 Å². The monoisotopic (exact) mass is 210 g/mol. The van der Waals surface area contributed by atoms with Crippen molar-refractivity contribution in [2.24, 2.45) is 0 Å². The lowest BCUT2D eigenvalue weighted by Crippen LogP contribution is -2.13. The highest BCUT2D eigenvalue weighted by molar-refractivity contribution is 5.49. The summed E-state index contributed by atoms with van der Waals surface area (Å²) in [5.41, 5.74) is 8.04. The number of halogens is 1. The summed E-state index contributed by atoms with van der Waals surface area (Å²) in [7, 11) is 4.08. The van der Waals surface area contributed by atoms with Gasteiger partial charge in [0, 0.05) is 5.69 Å². The smallest absolute Gasteiger partial charge is 0.128 e. The lowest BCUT2D eigenvalue weighted by atomic mass is 10.0. The fraction of sp³-hybridized carbons (Fsp3) is 0.500. The second-order valence-corrected chi connectivity index (χ2v) is 4.21. The summed E-state index contributed by atoms with van der Waals surface area (Å²) in [6, 6.07) is 3.26. The van der Waals surface area contributed by atoms with Crippen LogP contribution in [0.5, 0.6) is 0 Å². The summed E-state index contributed by atoms with van der Waals surface area (Å²) in [4.78, 5) is 2.13. The van der Waals surface area contributed by atoms with Gasteiger partial charge in [-0.1, -0.05) is 6.07 Å². The standard InChI is InChI=1S/C12H19FN2/c1-9-7-10(5-4-6-15(2)3)12(14)8-11(9)13/h7-8H,4-6,14H2,1-3H3. The van der Waals surface area contributed by atoms with Gasteiger partial charge in [0.15, 0.2) is 0 Å². The fourth-order valence-electron chi connectivity index (χ4n) is 1.56. The first-order valence-corrected chi connectivity index (χ1v) is 5.20. The summed E-state index contributed by atoms with van der Waals surface area (Å²) >= 11 is 0. The van der Waals surface area contributed by atoms with Crippen molar-refractivity contribution >= 4 is 5.69 Å². The molecule has 0 heterocycles. The van der Waals surface area contributed by atoms with E-state index < -0.39 is 0 Å². The predicted octanol–water partition coefficient (Wildman–Crippen LogP) is 2.21. The van der Waals surface area contributed by atoms with E-state index in [0.717, 1.165) is 24.9 Å². The Morgan fingerprint density at radius 2 is 2.00 bits per heavy atom. The molecule has 0 aliphatic heterocycles. The number of nitrogens with zero attached hydrogens (tertiary/aromatic N) is 1. The van der Waals surface area contributed by atoms with Crippen molar-refractivity contribution in [3.63, 3.8) is 0 Å². The van der Waals surface area contributed by atoms with Crippen LogP contribution in [0.4, 0.5) is 10.1 Å². The molecule has 0 amide bonds. The molecule has 2 N–H and O–H groups in total. The van der Waals surface area contributed by atoms with Crippen LogP contribution in [-0.2, 0) is 6.42 Å². The molecular formula is C12H19FN2. The van der Waals surface area contributed by atoms with Crippen molar-refractivity contribution in [2.75, 3.05) is 26.4 Å². The average molecular weight is 210 g/mol. The van der Waals surface area contributed by atoms with Gasteiger partial charge in [-0.15, -0.1) is 0 Å². The second kappa shape index (κ2) is 5.12. The average Bonchev–Trinajstić information content (AvgIpc) is 2.13. The van der Waals surface area contributed by atoms with Gasteiger partial charge in [0.2, 0.25) is 0 Å². The number of rotatable bonds is 4. The SMILES string of the molecule is Cc1cc(CCCN(C)C)c(N)cc1F. The summed E-state index contributed by atoms with van der Waals surface area (Å²) in [5.74, 6) is -0.219. The number of nitrogen functional groups attached to an aromatic ring is 1. The van der Waals surface area contributed by atoms with E-state index in [1.165, 1.54) is 6.07 Å². The Labute approximate surface area is 90.9 Å². The normalized spacial score (nSPS) is 11.0.